The van der Waals surface area contributed by atoms with Gasteiger partial charge in [0.25, 0.3) is 0 Å². The third-order valence-corrected chi connectivity index (χ3v) is 4.19. The zero-order valence-electron chi connectivity index (χ0n) is 12.6. The Bertz CT molecular complexity index is 620. The molecule has 1 saturated heterocycles. The van der Waals surface area contributed by atoms with Crippen LogP contribution >= 0.6 is 0 Å². The van der Waals surface area contributed by atoms with Crippen LogP contribution in [0.5, 0.6) is 0 Å². The van der Waals surface area contributed by atoms with Crippen molar-refractivity contribution in [3.63, 3.8) is 0 Å². The maximum atomic E-state index is 12.5. The largest absolute Gasteiger partial charge is 0.381 e. The number of nitrogens with zero attached hydrogens (tertiary/aromatic N) is 3. The summed E-state index contributed by atoms with van der Waals surface area (Å²) in [5, 5.41) is 7.25. The predicted molar refractivity (Wildman–Crippen MR) is 82.7 cm³/mol. The van der Waals surface area contributed by atoms with E-state index >= 15 is 0 Å². The molecule has 1 fully saturated rings. The number of aromatic nitrogens is 3. The third kappa shape index (κ3) is 3.17. The molecule has 1 N–H and O–H groups in total. The van der Waals surface area contributed by atoms with E-state index in [0.29, 0.717) is 11.7 Å². The van der Waals surface area contributed by atoms with Gasteiger partial charge in [0.05, 0.1) is 11.9 Å². The molecule has 2 aromatic heterocycles. The lowest BCUT2D eigenvalue weighted by Gasteiger charge is -2.26. The number of nitrogens with one attached hydrogen (secondary N) is 1. The lowest BCUT2D eigenvalue weighted by Crippen LogP contribution is -2.31. The average molecular weight is 300 g/mol. The van der Waals surface area contributed by atoms with Crippen molar-refractivity contribution < 1.29 is 9.53 Å². The summed E-state index contributed by atoms with van der Waals surface area (Å²) in [5.41, 5.74) is 0.869. The standard InChI is InChI=1S/C16H20N4O2/c1-12(13-5-10-22-11-6-13)16(21)19-15-4-9-18-20(15)14-2-7-17-8-3-14/h2-4,7-9,12-13H,5-6,10-11H2,1H3,(H,19,21)/t12-/m1/s1. The van der Waals surface area contributed by atoms with Crippen LogP contribution in [0, 0.1) is 11.8 Å². The molecule has 0 aliphatic carbocycles. The molecule has 6 nitrogen and oxygen atoms in total. The van der Waals surface area contributed by atoms with E-state index in [1.165, 1.54) is 0 Å². The second-order valence-electron chi connectivity index (χ2n) is 5.56. The molecule has 0 saturated carbocycles. The number of anilines is 1. The number of hydrogen-bond acceptors (Lipinski definition) is 4. The van der Waals surface area contributed by atoms with Gasteiger partial charge in [0.2, 0.25) is 5.91 Å². The van der Waals surface area contributed by atoms with Crippen LogP contribution in [0.2, 0.25) is 0 Å². The predicted octanol–water partition coefficient (Wildman–Crippen LogP) is 2.27. The van der Waals surface area contributed by atoms with E-state index in [1.54, 1.807) is 29.3 Å². The molecule has 22 heavy (non-hydrogen) atoms. The first kappa shape index (κ1) is 14.7. The summed E-state index contributed by atoms with van der Waals surface area (Å²) in [6, 6.07) is 5.50. The van der Waals surface area contributed by atoms with E-state index in [4.69, 9.17) is 4.74 Å². The molecule has 1 amide bonds. The summed E-state index contributed by atoms with van der Waals surface area (Å²) in [4.78, 5) is 16.5. The van der Waals surface area contributed by atoms with Gasteiger partial charge in [-0.1, -0.05) is 6.92 Å². The van der Waals surface area contributed by atoms with Crippen LogP contribution in [0.1, 0.15) is 19.8 Å². The summed E-state index contributed by atoms with van der Waals surface area (Å²) >= 11 is 0. The average Bonchev–Trinajstić information content (AvgIpc) is 3.04. The van der Waals surface area contributed by atoms with Gasteiger partial charge in [-0.2, -0.15) is 5.10 Å². The molecule has 2 aromatic rings. The van der Waals surface area contributed by atoms with Crippen molar-refractivity contribution in [3.8, 4) is 5.69 Å². The Labute approximate surface area is 129 Å². The van der Waals surface area contributed by atoms with Gasteiger partial charge in [0.15, 0.2) is 0 Å². The fourth-order valence-electron chi connectivity index (χ4n) is 2.76. The Balaban J connectivity index is 1.71. The number of carbonyl (C=O) groups excluding carboxylic acids is 1. The lowest BCUT2D eigenvalue weighted by molar-refractivity contribution is -0.122. The molecule has 116 valence electrons. The molecule has 0 radical (unpaired) electrons. The van der Waals surface area contributed by atoms with Gasteiger partial charge in [-0.3, -0.25) is 9.78 Å². The Morgan fingerprint density at radius 1 is 1.27 bits per heavy atom. The molecule has 1 aliphatic heterocycles. The molecule has 0 unspecified atom stereocenters. The molecule has 6 heteroatoms. The molecule has 0 bridgehead atoms. The van der Waals surface area contributed by atoms with Crippen LogP contribution in [0.25, 0.3) is 5.69 Å². The van der Waals surface area contributed by atoms with E-state index in [1.807, 2.05) is 19.1 Å². The van der Waals surface area contributed by atoms with Gasteiger partial charge < -0.3 is 10.1 Å². The molecule has 1 atom stereocenters. The van der Waals surface area contributed by atoms with Crippen molar-refractivity contribution in [2.24, 2.45) is 11.8 Å². The molecule has 0 spiro atoms. The highest BCUT2D eigenvalue weighted by Gasteiger charge is 2.26. The summed E-state index contributed by atoms with van der Waals surface area (Å²) in [6.45, 7) is 3.48. The van der Waals surface area contributed by atoms with Crippen LogP contribution in [0.3, 0.4) is 0 Å². The van der Waals surface area contributed by atoms with Crippen molar-refractivity contribution in [2.75, 3.05) is 18.5 Å². The van der Waals surface area contributed by atoms with E-state index < -0.39 is 0 Å². The number of pyridine rings is 1. The van der Waals surface area contributed by atoms with Crippen molar-refractivity contribution in [1.29, 1.82) is 0 Å². The normalized spacial score (nSPS) is 17.1. The zero-order chi connectivity index (χ0) is 15.4. The highest BCUT2D eigenvalue weighted by molar-refractivity contribution is 5.92. The van der Waals surface area contributed by atoms with Gasteiger partial charge >= 0.3 is 0 Å². The maximum absolute atomic E-state index is 12.5. The Morgan fingerprint density at radius 3 is 2.73 bits per heavy atom. The maximum Gasteiger partial charge on any atom is 0.228 e. The third-order valence-electron chi connectivity index (χ3n) is 4.19. The monoisotopic (exact) mass is 300 g/mol. The summed E-state index contributed by atoms with van der Waals surface area (Å²) in [7, 11) is 0. The second-order valence-corrected chi connectivity index (χ2v) is 5.56. The van der Waals surface area contributed by atoms with Gasteiger partial charge in [-0.15, -0.1) is 0 Å². The Hall–Kier alpha value is -2.21. The molecule has 3 rings (SSSR count). The van der Waals surface area contributed by atoms with Crippen molar-refractivity contribution in [3.05, 3.63) is 36.8 Å². The van der Waals surface area contributed by atoms with E-state index in [9.17, 15) is 4.79 Å². The minimum atomic E-state index is -0.0373. The fraction of sp³-hybridized carbons (Fsp3) is 0.438. The fourth-order valence-corrected chi connectivity index (χ4v) is 2.76. The van der Waals surface area contributed by atoms with Crippen LogP contribution in [0.4, 0.5) is 5.82 Å². The molecule has 3 heterocycles. The Kier molecular flexibility index (Phi) is 4.48. The molecular formula is C16H20N4O2. The number of carbonyl (C=O) groups is 1. The van der Waals surface area contributed by atoms with E-state index in [0.717, 1.165) is 31.7 Å². The first-order valence-corrected chi connectivity index (χ1v) is 7.59. The van der Waals surface area contributed by atoms with Crippen LogP contribution in [-0.4, -0.2) is 33.9 Å². The summed E-state index contributed by atoms with van der Waals surface area (Å²) < 4.78 is 7.07. The quantitative estimate of drug-likeness (QED) is 0.940. The van der Waals surface area contributed by atoms with E-state index in [2.05, 4.69) is 15.4 Å². The van der Waals surface area contributed by atoms with Gasteiger partial charge in [-0.05, 0) is 30.9 Å². The number of amides is 1. The van der Waals surface area contributed by atoms with Crippen LogP contribution in [0.15, 0.2) is 36.8 Å². The molecule has 1 aliphatic rings. The SMILES string of the molecule is C[C@@H](C(=O)Nc1ccnn1-c1ccncc1)C1CCOCC1. The lowest BCUT2D eigenvalue weighted by atomic mass is 9.87. The first-order valence-electron chi connectivity index (χ1n) is 7.59. The Morgan fingerprint density at radius 2 is 2.00 bits per heavy atom. The number of ether oxygens (including phenoxy) is 1. The van der Waals surface area contributed by atoms with E-state index in [-0.39, 0.29) is 11.8 Å². The minimum absolute atomic E-state index is 0.0303. The number of hydrogen-bond donors (Lipinski definition) is 1. The smallest absolute Gasteiger partial charge is 0.228 e. The number of rotatable bonds is 4. The summed E-state index contributed by atoms with van der Waals surface area (Å²) in [6.07, 6.45) is 6.96. The first-order chi connectivity index (χ1) is 10.8. The summed E-state index contributed by atoms with van der Waals surface area (Å²) in [5.74, 6) is 1.05. The van der Waals surface area contributed by atoms with Crippen molar-refractivity contribution in [1.82, 2.24) is 14.8 Å². The molecule has 0 aromatic carbocycles. The van der Waals surface area contributed by atoms with Crippen LogP contribution in [-0.2, 0) is 9.53 Å². The second kappa shape index (κ2) is 6.70. The topological polar surface area (TPSA) is 69.0 Å². The van der Waals surface area contributed by atoms with Crippen LogP contribution < -0.4 is 5.32 Å². The van der Waals surface area contributed by atoms with Gasteiger partial charge in [0.1, 0.15) is 5.82 Å². The van der Waals surface area contributed by atoms with Crippen molar-refractivity contribution >= 4 is 11.7 Å². The zero-order valence-corrected chi connectivity index (χ0v) is 12.6. The minimum Gasteiger partial charge on any atom is -0.381 e. The van der Waals surface area contributed by atoms with Gasteiger partial charge in [0, 0.05) is 37.6 Å². The molecular weight excluding hydrogens is 280 g/mol. The van der Waals surface area contributed by atoms with Crippen molar-refractivity contribution in [2.45, 2.75) is 19.8 Å². The highest BCUT2D eigenvalue weighted by atomic mass is 16.5. The highest BCUT2D eigenvalue weighted by Crippen LogP contribution is 2.25. The van der Waals surface area contributed by atoms with Gasteiger partial charge in [-0.25, -0.2) is 4.68 Å².